The topological polar surface area (TPSA) is 15.3 Å². The molecule has 1 aromatic carbocycles. The molecule has 0 aliphatic rings. The molecule has 1 rings (SSSR count). The number of nitrogens with one attached hydrogen (secondary N) is 1. The zero-order valence-corrected chi connectivity index (χ0v) is 9.38. The smallest absolute Gasteiger partial charge is 0.0676 e. The van der Waals surface area contributed by atoms with Gasteiger partial charge in [0.2, 0.25) is 0 Å². The first-order chi connectivity index (χ1) is 6.77. The predicted octanol–water partition coefficient (Wildman–Crippen LogP) is 2.25. The Kier molecular flexibility index (Phi) is 4.47. The second-order valence-electron chi connectivity index (χ2n) is 3.63. The molecule has 0 radical (unpaired) electrons. The van der Waals surface area contributed by atoms with Crippen LogP contribution in [0.25, 0.3) is 0 Å². The van der Waals surface area contributed by atoms with Gasteiger partial charge in [-0.2, -0.15) is 0 Å². The Bertz CT molecular complexity index is 254. The van der Waals surface area contributed by atoms with Gasteiger partial charge in [0.15, 0.2) is 0 Å². The van der Waals surface area contributed by atoms with E-state index in [9.17, 15) is 0 Å². The molecule has 0 amide bonds. The van der Waals surface area contributed by atoms with Crippen molar-refractivity contribution >= 4 is 5.69 Å². The molecule has 2 nitrogen and oxygen atoms in total. The second-order valence-corrected chi connectivity index (χ2v) is 3.63. The highest BCUT2D eigenvalue weighted by molar-refractivity contribution is 5.46. The van der Waals surface area contributed by atoms with E-state index >= 15 is 0 Å². The third-order valence-corrected chi connectivity index (χ3v) is 2.31. The van der Waals surface area contributed by atoms with Crippen LogP contribution in [-0.2, 0) is 6.42 Å². The van der Waals surface area contributed by atoms with Crippen molar-refractivity contribution < 1.29 is 0 Å². The van der Waals surface area contributed by atoms with Crippen LogP contribution in [0.4, 0.5) is 5.69 Å². The number of hydrogen-bond acceptors (Lipinski definition) is 2. The molecule has 78 valence electrons. The van der Waals surface area contributed by atoms with E-state index < -0.39 is 0 Å². The van der Waals surface area contributed by atoms with Crippen LogP contribution in [0, 0.1) is 0 Å². The zero-order chi connectivity index (χ0) is 10.4. The summed E-state index contributed by atoms with van der Waals surface area (Å²) in [6.45, 7) is 3.09. The summed E-state index contributed by atoms with van der Waals surface area (Å²) in [5, 5.41) is 3.13. The fourth-order valence-corrected chi connectivity index (χ4v) is 1.53. The fourth-order valence-electron chi connectivity index (χ4n) is 1.53. The van der Waals surface area contributed by atoms with Crippen LogP contribution in [0.2, 0.25) is 0 Å². The molecule has 0 saturated carbocycles. The lowest BCUT2D eigenvalue weighted by molar-refractivity contribution is 0.776. The van der Waals surface area contributed by atoms with Crippen LogP contribution < -0.4 is 10.2 Å². The number of hydrogen-bond donors (Lipinski definition) is 1. The molecule has 0 aromatic heterocycles. The van der Waals surface area contributed by atoms with Crippen molar-refractivity contribution in [3.8, 4) is 0 Å². The summed E-state index contributed by atoms with van der Waals surface area (Å²) in [5.74, 6) is 0. The first-order valence-electron chi connectivity index (χ1n) is 5.22. The summed E-state index contributed by atoms with van der Waals surface area (Å²) in [4.78, 5) is 2.19. The van der Waals surface area contributed by atoms with Gasteiger partial charge in [-0.1, -0.05) is 25.5 Å². The minimum absolute atomic E-state index is 0.882. The highest BCUT2D eigenvalue weighted by atomic mass is 15.2. The molecule has 0 heterocycles. The van der Waals surface area contributed by atoms with Crippen molar-refractivity contribution in [3.05, 3.63) is 29.8 Å². The third kappa shape index (κ3) is 3.04. The van der Waals surface area contributed by atoms with E-state index in [1.807, 2.05) is 7.05 Å². The molecular formula is C12H20N2. The lowest BCUT2D eigenvalue weighted by atomic mass is 10.1. The van der Waals surface area contributed by atoms with Gasteiger partial charge in [-0.15, -0.1) is 0 Å². The van der Waals surface area contributed by atoms with Crippen LogP contribution in [0.1, 0.15) is 18.9 Å². The standard InChI is InChI=1S/C12H20N2/c1-4-5-11-6-8-12(9-7-11)14(3)10-13-2/h6-9,13H,4-5,10H2,1-3H3. The van der Waals surface area contributed by atoms with Crippen molar-refractivity contribution in [1.29, 1.82) is 0 Å². The van der Waals surface area contributed by atoms with Gasteiger partial charge in [-0.25, -0.2) is 0 Å². The summed E-state index contributed by atoms with van der Waals surface area (Å²) in [6, 6.07) is 8.79. The van der Waals surface area contributed by atoms with E-state index in [4.69, 9.17) is 0 Å². The van der Waals surface area contributed by atoms with E-state index in [1.54, 1.807) is 0 Å². The van der Waals surface area contributed by atoms with Gasteiger partial charge in [-0.3, -0.25) is 0 Å². The number of nitrogens with zero attached hydrogens (tertiary/aromatic N) is 1. The van der Waals surface area contributed by atoms with E-state index in [1.165, 1.54) is 24.1 Å². The quantitative estimate of drug-likeness (QED) is 0.720. The van der Waals surface area contributed by atoms with Crippen LogP contribution in [0.3, 0.4) is 0 Å². The number of rotatable bonds is 5. The minimum Gasteiger partial charge on any atom is -0.362 e. The molecule has 0 unspecified atom stereocenters. The highest BCUT2D eigenvalue weighted by Crippen LogP contribution is 2.13. The molecule has 0 aliphatic heterocycles. The maximum Gasteiger partial charge on any atom is 0.0676 e. The lowest BCUT2D eigenvalue weighted by Crippen LogP contribution is -2.28. The molecule has 0 aliphatic carbocycles. The second kappa shape index (κ2) is 5.66. The summed E-state index contributed by atoms with van der Waals surface area (Å²) in [6.07, 6.45) is 2.39. The molecule has 0 atom stereocenters. The van der Waals surface area contributed by atoms with E-state index in [0.29, 0.717) is 0 Å². The summed E-state index contributed by atoms with van der Waals surface area (Å²) >= 11 is 0. The average molecular weight is 192 g/mol. The Morgan fingerprint density at radius 2 is 1.86 bits per heavy atom. The van der Waals surface area contributed by atoms with Gasteiger partial charge in [0.1, 0.15) is 0 Å². The van der Waals surface area contributed by atoms with Crippen LogP contribution >= 0.6 is 0 Å². The zero-order valence-electron chi connectivity index (χ0n) is 9.38. The van der Waals surface area contributed by atoms with Crippen molar-refractivity contribution in [2.45, 2.75) is 19.8 Å². The molecule has 0 spiro atoms. The minimum atomic E-state index is 0.882. The summed E-state index contributed by atoms with van der Waals surface area (Å²) in [7, 11) is 4.05. The first kappa shape index (κ1) is 11.1. The highest BCUT2D eigenvalue weighted by Gasteiger charge is 1.98. The van der Waals surface area contributed by atoms with Crippen molar-refractivity contribution in [1.82, 2.24) is 5.32 Å². The largest absolute Gasteiger partial charge is 0.362 e. The van der Waals surface area contributed by atoms with E-state index in [2.05, 4.69) is 48.5 Å². The average Bonchev–Trinajstić information content (AvgIpc) is 2.20. The van der Waals surface area contributed by atoms with E-state index in [-0.39, 0.29) is 0 Å². The van der Waals surface area contributed by atoms with Crippen molar-refractivity contribution in [2.75, 3.05) is 25.7 Å². The molecule has 0 saturated heterocycles. The summed E-state index contributed by atoms with van der Waals surface area (Å²) < 4.78 is 0. The normalized spacial score (nSPS) is 10.2. The molecule has 1 N–H and O–H groups in total. The maximum absolute atomic E-state index is 3.13. The SMILES string of the molecule is CCCc1ccc(N(C)CNC)cc1. The van der Waals surface area contributed by atoms with Crippen LogP contribution in [-0.4, -0.2) is 20.8 Å². The van der Waals surface area contributed by atoms with Gasteiger partial charge in [-0.05, 0) is 31.2 Å². The maximum atomic E-state index is 3.13. The van der Waals surface area contributed by atoms with Crippen LogP contribution in [0.15, 0.2) is 24.3 Å². The monoisotopic (exact) mass is 192 g/mol. The summed E-state index contributed by atoms with van der Waals surface area (Å²) in [5.41, 5.74) is 2.69. The molecule has 14 heavy (non-hydrogen) atoms. The number of benzene rings is 1. The Morgan fingerprint density at radius 3 is 2.36 bits per heavy atom. The molecular weight excluding hydrogens is 172 g/mol. The Hall–Kier alpha value is -1.02. The van der Waals surface area contributed by atoms with Gasteiger partial charge in [0.25, 0.3) is 0 Å². The molecule has 1 aromatic rings. The molecule has 2 heteroatoms. The van der Waals surface area contributed by atoms with Crippen molar-refractivity contribution in [3.63, 3.8) is 0 Å². The third-order valence-electron chi connectivity index (χ3n) is 2.31. The Balaban J connectivity index is 2.62. The lowest BCUT2D eigenvalue weighted by Gasteiger charge is -2.18. The van der Waals surface area contributed by atoms with E-state index in [0.717, 1.165) is 6.67 Å². The van der Waals surface area contributed by atoms with Gasteiger partial charge < -0.3 is 10.2 Å². The Morgan fingerprint density at radius 1 is 1.21 bits per heavy atom. The number of aryl methyl sites for hydroxylation is 1. The van der Waals surface area contributed by atoms with Gasteiger partial charge in [0, 0.05) is 12.7 Å². The number of anilines is 1. The first-order valence-corrected chi connectivity index (χ1v) is 5.22. The molecule has 0 bridgehead atoms. The van der Waals surface area contributed by atoms with Gasteiger partial charge >= 0.3 is 0 Å². The fraction of sp³-hybridized carbons (Fsp3) is 0.500. The Labute approximate surface area is 86.9 Å². The predicted molar refractivity (Wildman–Crippen MR) is 62.8 cm³/mol. The molecule has 0 fully saturated rings. The van der Waals surface area contributed by atoms with Gasteiger partial charge in [0.05, 0.1) is 6.67 Å². The van der Waals surface area contributed by atoms with Crippen LogP contribution in [0.5, 0.6) is 0 Å². The van der Waals surface area contributed by atoms with Crippen molar-refractivity contribution in [2.24, 2.45) is 0 Å².